The summed E-state index contributed by atoms with van der Waals surface area (Å²) in [7, 11) is 1.65. The zero-order chi connectivity index (χ0) is 10.1. The van der Waals surface area contributed by atoms with E-state index in [0.717, 1.165) is 12.8 Å². The molecule has 13 heavy (non-hydrogen) atoms. The maximum absolute atomic E-state index is 10.5. The second-order valence-electron chi connectivity index (χ2n) is 2.81. The van der Waals surface area contributed by atoms with Gasteiger partial charge < -0.3 is 14.6 Å². The molecule has 4 heteroatoms. The summed E-state index contributed by atoms with van der Waals surface area (Å²) in [5.41, 5.74) is 0. The number of unbranched alkanes of at least 4 members (excludes halogenated alkanes) is 1. The van der Waals surface area contributed by atoms with Crippen LogP contribution in [-0.4, -0.2) is 37.5 Å². The molecule has 0 radical (unpaired) electrons. The minimum atomic E-state index is -0.880. The van der Waals surface area contributed by atoms with E-state index in [1.165, 1.54) is 0 Å². The highest BCUT2D eigenvalue weighted by Crippen LogP contribution is 2.00. The second kappa shape index (κ2) is 8.01. The molecule has 0 aromatic heterocycles. The van der Waals surface area contributed by atoms with Gasteiger partial charge in [-0.15, -0.1) is 0 Å². The van der Waals surface area contributed by atoms with E-state index in [0.29, 0.717) is 19.6 Å². The van der Waals surface area contributed by atoms with Crippen molar-refractivity contribution in [2.45, 2.75) is 32.3 Å². The van der Waals surface area contributed by atoms with Gasteiger partial charge in [-0.1, -0.05) is 6.92 Å². The van der Waals surface area contributed by atoms with Crippen molar-refractivity contribution in [2.24, 2.45) is 0 Å². The number of carbonyl (C=O) groups is 1. The lowest BCUT2D eigenvalue weighted by Gasteiger charge is -2.10. The first kappa shape index (κ1) is 12.4. The van der Waals surface area contributed by atoms with Gasteiger partial charge in [-0.3, -0.25) is 0 Å². The lowest BCUT2D eigenvalue weighted by atomic mass is 10.3. The predicted octanol–water partition coefficient (Wildman–Crippen LogP) is 1.29. The van der Waals surface area contributed by atoms with Gasteiger partial charge in [0.2, 0.25) is 0 Å². The Balaban J connectivity index is 3.33. The first-order chi connectivity index (χ1) is 6.22. The van der Waals surface area contributed by atoms with Gasteiger partial charge in [-0.25, -0.2) is 4.79 Å². The van der Waals surface area contributed by atoms with Crippen LogP contribution in [0, 0.1) is 0 Å². The van der Waals surface area contributed by atoms with Gasteiger partial charge in [0, 0.05) is 20.3 Å². The summed E-state index contributed by atoms with van der Waals surface area (Å²) in [4.78, 5) is 10.5. The van der Waals surface area contributed by atoms with Gasteiger partial charge >= 0.3 is 5.97 Å². The molecule has 0 aliphatic rings. The molecule has 0 unspecified atom stereocenters. The summed E-state index contributed by atoms with van der Waals surface area (Å²) in [6, 6.07) is 0. The zero-order valence-corrected chi connectivity index (χ0v) is 8.28. The molecular weight excluding hydrogens is 172 g/mol. The number of rotatable bonds is 8. The van der Waals surface area contributed by atoms with Crippen LogP contribution in [0.1, 0.15) is 26.2 Å². The first-order valence-electron chi connectivity index (χ1n) is 4.55. The molecule has 0 saturated heterocycles. The number of hydrogen-bond donors (Lipinski definition) is 1. The standard InChI is InChI=1S/C9H18O4/c1-3-8(9(10)11)13-7-5-4-6-12-2/h8H,3-7H2,1-2H3,(H,10,11)/t8-/m0/s1. The van der Waals surface area contributed by atoms with Crippen molar-refractivity contribution in [3.8, 4) is 0 Å². The summed E-state index contributed by atoms with van der Waals surface area (Å²) >= 11 is 0. The molecule has 0 aromatic carbocycles. The van der Waals surface area contributed by atoms with Crippen molar-refractivity contribution in [1.29, 1.82) is 0 Å². The Labute approximate surface area is 78.8 Å². The van der Waals surface area contributed by atoms with Crippen LogP contribution in [0.15, 0.2) is 0 Å². The monoisotopic (exact) mass is 190 g/mol. The third kappa shape index (κ3) is 6.54. The van der Waals surface area contributed by atoms with E-state index in [9.17, 15) is 4.79 Å². The molecule has 1 atom stereocenters. The van der Waals surface area contributed by atoms with Crippen molar-refractivity contribution in [3.05, 3.63) is 0 Å². The van der Waals surface area contributed by atoms with Crippen LogP contribution in [0.3, 0.4) is 0 Å². The molecule has 0 fully saturated rings. The van der Waals surface area contributed by atoms with E-state index in [-0.39, 0.29) is 0 Å². The number of carboxylic acids is 1. The molecule has 1 N–H and O–H groups in total. The molecule has 78 valence electrons. The van der Waals surface area contributed by atoms with Gasteiger partial charge in [-0.2, -0.15) is 0 Å². The minimum Gasteiger partial charge on any atom is -0.479 e. The van der Waals surface area contributed by atoms with Crippen molar-refractivity contribution in [3.63, 3.8) is 0 Å². The predicted molar refractivity (Wildman–Crippen MR) is 48.8 cm³/mol. The van der Waals surface area contributed by atoms with Gasteiger partial charge in [0.15, 0.2) is 6.10 Å². The Morgan fingerprint density at radius 2 is 2.00 bits per heavy atom. The fourth-order valence-electron chi connectivity index (χ4n) is 0.938. The van der Waals surface area contributed by atoms with Crippen LogP contribution in [0.25, 0.3) is 0 Å². The highest BCUT2D eigenvalue weighted by atomic mass is 16.5. The minimum absolute atomic E-state index is 0.494. The Bertz CT molecular complexity index is 136. The topological polar surface area (TPSA) is 55.8 Å². The average molecular weight is 190 g/mol. The molecular formula is C9H18O4. The maximum Gasteiger partial charge on any atom is 0.332 e. The molecule has 0 spiro atoms. The fourth-order valence-corrected chi connectivity index (χ4v) is 0.938. The van der Waals surface area contributed by atoms with Crippen LogP contribution in [0.2, 0.25) is 0 Å². The number of hydrogen-bond acceptors (Lipinski definition) is 3. The third-order valence-electron chi connectivity index (χ3n) is 1.71. The molecule has 0 rings (SSSR count). The Morgan fingerprint density at radius 1 is 1.38 bits per heavy atom. The number of carboxylic acid groups (broad SMARTS) is 1. The van der Waals surface area contributed by atoms with E-state index in [1.807, 2.05) is 0 Å². The highest BCUT2D eigenvalue weighted by molar-refractivity contribution is 5.72. The van der Waals surface area contributed by atoms with Crippen LogP contribution in [-0.2, 0) is 14.3 Å². The van der Waals surface area contributed by atoms with Crippen LogP contribution in [0.4, 0.5) is 0 Å². The first-order valence-corrected chi connectivity index (χ1v) is 4.55. The highest BCUT2D eigenvalue weighted by Gasteiger charge is 2.14. The number of ether oxygens (including phenoxy) is 2. The Hall–Kier alpha value is -0.610. The molecule has 0 aliphatic heterocycles. The van der Waals surface area contributed by atoms with E-state index >= 15 is 0 Å². The van der Waals surface area contributed by atoms with Gasteiger partial charge in [0.1, 0.15) is 0 Å². The normalized spacial score (nSPS) is 12.8. The van der Waals surface area contributed by atoms with Crippen LogP contribution in [0.5, 0.6) is 0 Å². The quantitative estimate of drug-likeness (QED) is 0.586. The van der Waals surface area contributed by atoms with Gasteiger partial charge in [0.25, 0.3) is 0 Å². The Morgan fingerprint density at radius 3 is 2.46 bits per heavy atom. The fraction of sp³-hybridized carbons (Fsp3) is 0.889. The number of aliphatic carboxylic acids is 1. The van der Waals surface area contributed by atoms with Crippen LogP contribution >= 0.6 is 0 Å². The summed E-state index contributed by atoms with van der Waals surface area (Å²) in [5, 5.41) is 8.63. The van der Waals surface area contributed by atoms with Crippen molar-refractivity contribution in [2.75, 3.05) is 20.3 Å². The number of methoxy groups -OCH3 is 1. The van der Waals surface area contributed by atoms with Crippen molar-refractivity contribution >= 4 is 5.97 Å². The summed E-state index contributed by atoms with van der Waals surface area (Å²) in [5.74, 6) is -0.880. The average Bonchev–Trinajstić information content (AvgIpc) is 2.10. The molecule has 0 saturated carbocycles. The lowest BCUT2D eigenvalue weighted by molar-refractivity contribution is -0.150. The summed E-state index contributed by atoms with van der Waals surface area (Å²) < 4.78 is 9.99. The maximum atomic E-state index is 10.5. The van der Waals surface area contributed by atoms with E-state index in [2.05, 4.69) is 0 Å². The second-order valence-corrected chi connectivity index (χ2v) is 2.81. The molecule has 0 bridgehead atoms. The van der Waals surface area contributed by atoms with Crippen molar-refractivity contribution in [1.82, 2.24) is 0 Å². The molecule has 4 nitrogen and oxygen atoms in total. The van der Waals surface area contributed by atoms with Gasteiger partial charge in [0.05, 0.1) is 0 Å². The summed E-state index contributed by atoms with van der Waals surface area (Å²) in [6.45, 7) is 3.00. The lowest BCUT2D eigenvalue weighted by Crippen LogP contribution is -2.23. The van der Waals surface area contributed by atoms with Crippen LogP contribution < -0.4 is 0 Å². The van der Waals surface area contributed by atoms with E-state index in [1.54, 1.807) is 14.0 Å². The van der Waals surface area contributed by atoms with E-state index < -0.39 is 12.1 Å². The SMILES string of the molecule is CC[C@H](OCCCCOC)C(=O)O. The molecule has 0 aromatic rings. The Kier molecular flexibility index (Phi) is 7.63. The largest absolute Gasteiger partial charge is 0.479 e. The zero-order valence-electron chi connectivity index (χ0n) is 8.28. The third-order valence-corrected chi connectivity index (χ3v) is 1.71. The molecule has 0 amide bonds. The smallest absolute Gasteiger partial charge is 0.332 e. The summed E-state index contributed by atoms with van der Waals surface area (Å²) in [6.07, 6.45) is 1.62. The van der Waals surface area contributed by atoms with E-state index in [4.69, 9.17) is 14.6 Å². The van der Waals surface area contributed by atoms with Gasteiger partial charge in [-0.05, 0) is 19.3 Å². The molecule has 0 heterocycles. The van der Waals surface area contributed by atoms with Crippen molar-refractivity contribution < 1.29 is 19.4 Å². The molecule has 0 aliphatic carbocycles.